The van der Waals surface area contributed by atoms with E-state index in [1.807, 2.05) is 0 Å². The number of carbonyl (C=O) groups is 1. The minimum Gasteiger partial charge on any atom is -0.299 e. The van der Waals surface area contributed by atoms with Gasteiger partial charge in [-0.25, -0.2) is 0 Å². The van der Waals surface area contributed by atoms with Crippen molar-refractivity contribution < 1.29 is 13.2 Å². The molecule has 0 bridgehead atoms. The van der Waals surface area contributed by atoms with E-state index in [4.69, 9.17) is 0 Å². The third kappa shape index (κ3) is 3.54. The first-order valence-corrected chi connectivity index (χ1v) is 6.87. The smallest absolute Gasteiger partial charge is 0.279 e. The summed E-state index contributed by atoms with van der Waals surface area (Å²) >= 11 is 0. The molecule has 16 heavy (non-hydrogen) atoms. The molecule has 0 aromatic carbocycles. The Balaban J connectivity index is 2.75. The summed E-state index contributed by atoms with van der Waals surface area (Å²) in [4.78, 5) is 11.3. The summed E-state index contributed by atoms with van der Waals surface area (Å²) in [5.41, 5.74) is -0.497. The highest BCUT2D eigenvalue weighted by Gasteiger charge is 2.33. The highest BCUT2D eigenvalue weighted by atomic mass is 32.2. The number of nitrogens with one attached hydrogen (secondary N) is 1. The Morgan fingerprint density at radius 1 is 1.38 bits per heavy atom. The van der Waals surface area contributed by atoms with Gasteiger partial charge in [-0.1, -0.05) is 6.92 Å². The van der Waals surface area contributed by atoms with Gasteiger partial charge in [0.05, 0.1) is 0 Å². The van der Waals surface area contributed by atoms with Gasteiger partial charge >= 0.3 is 0 Å². The number of hydrogen-bond acceptors (Lipinski definition) is 3. The summed E-state index contributed by atoms with van der Waals surface area (Å²) in [5, 5.41) is 0. The van der Waals surface area contributed by atoms with E-state index in [0.29, 0.717) is 6.42 Å². The lowest BCUT2D eigenvalue weighted by atomic mass is 10.0. The first kappa shape index (κ1) is 13.6. The fourth-order valence-electron chi connectivity index (χ4n) is 1.65. The lowest BCUT2D eigenvalue weighted by Crippen LogP contribution is -2.52. The Morgan fingerprint density at radius 3 is 2.38 bits per heavy atom. The molecule has 1 N–H and O–H groups in total. The van der Waals surface area contributed by atoms with Crippen LogP contribution in [0.5, 0.6) is 0 Å². The summed E-state index contributed by atoms with van der Waals surface area (Å²) in [6.07, 6.45) is 0.312. The molecule has 0 saturated carbocycles. The van der Waals surface area contributed by atoms with Crippen molar-refractivity contribution in [2.75, 3.05) is 13.1 Å². The maximum atomic E-state index is 12.0. The van der Waals surface area contributed by atoms with E-state index in [0.717, 1.165) is 0 Å². The van der Waals surface area contributed by atoms with E-state index >= 15 is 0 Å². The fourth-order valence-corrected chi connectivity index (χ4v) is 3.30. The molecule has 0 radical (unpaired) electrons. The van der Waals surface area contributed by atoms with Gasteiger partial charge in [0.25, 0.3) is 10.2 Å². The largest absolute Gasteiger partial charge is 0.299 e. The van der Waals surface area contributed by atoms with Crippen LogP contribution in [-0.2, 0) is 15.0 Å². The van der Waals surface area contributed by atoms with Crippen molar-refractivity contribution in [3.8, 4) is 0 Å². The zero-order valence-corrected chi connectivity index (χ0v) is 11.1. The summed E-state index contributed by atoms with van der Waals surface area (Å²) in [7, 11) is -3.47. The number of piperidine rings is 1. The molecule has 0 aromatic heterocycles. The van der Waals surface area contributed by atoms with Gasteiger partial charge in [-0.2, -0.15) is 17.4 Å². The zero-order chi connectivity index (χ0) is 12.6. The van der Waals surface area contributed by atoms with Gasteiger partial charge in [-0.05, 0) is 20.8 Å². The van der Waals surface area contributed by atoms with Crippen molar-refractivity contribution in [2.45, 2.75) is 39.7 Å². The van der Waals surface area contributed by atoms with Crippen molar-refractivity contribution in [1.29, 1.82) is 0 Å². The molecule has 1 unspecified atom stereocenters. The Morgan fingerprint density at radius 2 is 1.94 bits per heavy atom. The van der Waals surface area contributed by atoms with Crippen molar-refractivity contribution in [3.05, 3.63) is 0 Å². The van der Waals surface area contributed by atoms with Crippen LogP contribution in [0, 0.1) is 5.92 Å². The van der Waals surface area contributed by atoms with Gasteiger partial charge in [0, 0.05) is 31.0 Å². The van der Waals surface area contributed by atoms with Crippen molar-refractivity contribution in [3.63, 3.8) is 0 Å². The third-order valence-corrected chi connectivity index (χ3v) is 4.29. The standard InChI is InChI=1S/C10H20N2O3S/c1-8-7-12(6-5-9(8)13)16(14,15)11-10(2,3)4/h8,11H,5-7H2,1-4H3. The van der Waals surface area contributed by atoms with Crippen LogP contribution in [-0.4, -0.2) is 37.1 Å². The predicted molar refractivity (Wildman–Crippen MR) is 62.2 cm³/mol. The molecule has 1 aliphatic heterocycles. The fraction of sp³-hybridized carbons (Fsp3) is 0.900. The number of carbonyl (C=O) groups excluding carboxylic acids is 1. The topological polar surface area (TPSA) is 66.5 Å². The van der Waals surface area contributed by atoms with Crippen molar-refractivity contribution >= 4 is 16.0 Å². The van der Waals surface area contributed by atoms with Gasteiger partial charge in [-0.3, -0.25) is 4.79 Å². The Kier molecular flexibility index (Phi) is 3.76. The lowest BCUT2D eigenvalue weighted by molar-refractivity contribution is -0.124. The average molecular weight is 248 g/mol. The number of hydrogen-bond donors (Lipinski definition) is 1. The average Bonchev–Trinajstić information content (AvgIpc) is 2.05. The monoisotopic (exact) mass is 248 g/mol. The second kappa shape index (κ2) is 4.43. The molecule has 0 amide bonds. The SMILES string of the molecule is CC1CN(S(=O)(=O)NC(C)(C)C)CCC1=O. The van der Waals surface area contributed by atoms with Crippen LogP contribution in [0.15, 0.2) is 0 Å². The summed E-state index contributed by atoms with van der Waals surface area (Å²) < 4.78 is 27.9. The van der Waals surface area contributed by atoms with Crippen molar-refractivity contribution in [1.82, 2.24) is 9.03 Å². The van der Waals surface area contributed by atoms with Gasteiger partial charge in [0.2, 0.25) is 0 Å². The molecule has 0 spiro atoms. The second-order valence-corrected chi connectivity index (χ2v) is 7.00. The summed E-state index contributed by atoms with van der Waals surface area (Å²) in [5.74, 6) is -0.0625. The first-order chi connectivity index (χ1) is 7.12. The Bertz CT molecular complexity index is 370. The maximum absolute atomic E-state index is 12.0. The van der Waals surface area contributed by atoms with Gasteiger partial charge < -0.3 is 0 Å². The summed E-state index contributed by atoms with van der Waals surface area (Å²) in [6.45, 7) is 7.72. The highest BCUT2D eigenvalue weighted by Crippen LogP contribution is 2.16. The molecule has 0 aromatic rings. The number of Topliss-reactive ketones (excluding diaryl/α,β-unsaturated/α-hetero) is 1. The molecule has 94 valence electrons. The summed E-state index contributed by atoms with van der Waals surface area (Å²) in [6, 6.07) is 0. The molecule has 1 fully saturated rings. The van der Waals surface area contributed by atoms with E-state index in [2.05, 4.69) is 4.72 Å². The molecule has 1 aliphatic rings. The molecule has 1 atom stereocenters. The van der Waals surface area contributed by atoms with Crippen LogP contribution in [0.1, 0.15) is 34.1 Å². The van der Waals surface area contributed by atoms with E-state index in [9.17, 15) is 13.2 Å². The number of rotatable bonds is 2. The Hall–Kier alpha value is -0.460. The molecule has 1 saturated heterocycles. The molecular formula is C10H20N2O3S. The van der Waals surface area contributed by atoms with E-state index in [1.54, 1.807) is 27.7 Å². The zero-order valence-electron chi connectivity index (χ0n) is 10.3. The van der Waals surface area contributed by atoms with E-state index in [-0.39, 0.29) is 24.8 Å². The van der Waals surface area contributed by atoms with Gasteiger partial charge in [0.1, 0.15) is 5.78 Å². The van der Waals surface area contributed by atoms with Gasteiger partial charge in [0.15, 0.2) is 0 Å². The molecule has 5 nitrogen and oxygen atoms in total. The van der Waals surface area contributed by atoms with Crippen LogP contribution >= 0.6 is 0 Å². The molecular weight excluding hydrogens is 228 g/mol. The molecule has 1 heterocycles. The minimum atomic E-state index is -3.47. The highest BCUT2D eigenvalue weighted by molar-refractivity contribution is 7.87. The Labute approximate surface area is 97.4 Å². The minimum absolute atomic E-state index is 0.141. The molecule has 1 rings (SSSR count). The van der Waals surface area contributed by atoms with Gasteiger partial charge in [-0.15, -0.1) is 0 Å². The third-order valence-electron chi connectivity index (χ3n) is 2.41. The quantitative estimate of drug-likeness (QED) is 0.775. The van der Waals surface area contributed by atoms with Crippen LogP contribution in [0.25, 0.3) is 0 Å². The normalized spacial score (nSPS) is 24.8. The molecule has 0 aliphatic carbocycles. The number of nitrogens with zero attached hydrogens (tertiary/aromatic N) is 1. The first-order valence-electron chi connectivity index (χ1n) is 5.43. The van der Waals surface area contributed by atoms with Crippen LogP contribution in [0.4, 0.5) is 0 Å². The van der Waals surface area contributed by atoms with Crippen LogP contribution in [0.3, 0.4) is 0 Å². The predicted octanol–water partition coefficient (Wildman–Crippen LogP) is 0.530. The van der Waals surface area contributed by atoms with E-state index < -0.39 is 15.7 Å². The van der Waals surface area contributed by atoms with E-state index in [1.165, 1.54) is 4.31 Å². The number of ketones is 1. The molecule has 6 heteroatoms. The maximum Gasteiger partial charge on any atom is 0.279 e. The van der Waals surface area contributed by atoms with Crippen LogP contribution in [0.2, 0.25) is 0 Å². The lowest BCUT2D eigenvalue weighted by Gasteiger charge is -2.32. The van der Waals surface area contributed by atoms with Crippen LogP contribution < -0.4 is 4.72 Å². The second-order valence-electron chi connectivity index (χ2n) is 5.33. The van der Waals surface area contributed by atoms with Crippen molar-refractivity contribution in [2.24, 2.45) is 5.92 Å².